The first-order chi connectivity index (χ1) is 9.84. The fraction of sp³-hybridized carbons (Fsp3) is 0.688. The van der Waals surface area contributed by atoms with Crippen molar-refractivity contribution in [3.63, 3.8) is 0 Å². The van der Waals surface area contributed by atoms with E-state index in [4.69, 9.17) is 0 Å². The summed E-state index contributed by atoms with van der Waals surface area (Å²) in [4.78, 5) is 24.2. The molecule has 0 bridgehead atoms. The summed E-state index contributed by atoms with van der Waals surface area (Å²) in [5.41, 5.74) is 2.33. The number of aromatic nitrogens is 2. The molecule has 1 N–H and O–H groups in total. The van der Waals surface area contributed by atoms with Crippen LogP contribution >= 0.6 is 0 Å². The van der Waals surface area contributed by atoms with Crippen LogP contribution in [0.4, 0.5) is 0 Å². The molecule has 2 rings (SSSR count). The second kappa shape index (κ2) is 6.00. The number of rotatable bonds is 5. The molecule has 1 aliphatic carbocycles. The van der Waals surface area contributed by atoms with Gasteiger partial charge in [-0.1, -0.05) is 27.2 Å². The first kappa shape index (κ1) is 15.7. The van der Waals surface area contributed by atoms with Crippen molar-refractivity contribution < 1.29 is 9.59 Å². The molecule has 0 radical (unpaired) electrons. The maximum atomic E-state index is 12.3. The van der Waals surface area contributed by atoms with E-state index in [1.807, 2.05) is 6.92 Å². The normalized spacial score (nSPS) is 16.7. The minimum atomic E-state index is -0.0625. The molecular formula is C16H25N3O2. The second-order valence-electron chi connectivity index (χ2n) is 6.71. The van der Waals surface area contributed by atoms with Crippen molar-refractivity contribution in [3.05, 3.63) is 17.0 Å². The highest BCUT2D eigenvalue weighted by Gasteiger charge is 2.35. The van der Waals surface area contributed by atoms with Crippen LogP contribution < -0.4 is 5.32 Å². The van der Waals surface area contributed by atoms with Gasteiger partial charge in [0.15, 0.2) is 5.78 Å². The van der Waals surface area contributed by atoms with E-state index in [9.17, 15) is 9.59 Å². The second-order valence-corrected chi connectivity index (χ2v) is 6.71. The number of amides is 1. The Bertz CT molecular complexity index is 558. The molecule has 1 aromatic heterocycles. The fourth-order valence-corrected chi connectivity index (χ4v) is 2.94. The Balaban J connectivity index is 2.17. The molecule has 0 aromatic carbocycles. The van der Waals surface area contributed by atoms with E-state index >= 15 is 0 Å². The average molecular weight is 291 g/mol. The molecule has 0 unspecified atom stereocenters. The Morgan fingerprint density at radius 2 is 2.10 bits per heavy atom. The Labute approximate surface area is 126 Å². The van der Waals surface area contributed by atoms with Crippen LogP contribution in [0.1, 0.15) is 61.8 Å². The lowest BCUT2D eigenvalue weighted by molar-refractivity contribution is -0.121. The van der Waals surface area contributed by atoms with E-state index in [-0.39, 0.29) is 23.7 Å². The number of ketones is 1. The van der Waals surface area contributed by atoms with E-state index in [0.717, 1.165) is 36.2 Å². The highest BCUT2D eigenvalue weighted by molar-refractivity contribution is 5.99. The molecule has 1 heterocycles. The first-order valence-corrected chi connectivity index (χ1v) is 7.70. The van der Waals surface area contributed by atoms with Crippen molar-refractivity contribution in [1.82, 2.24) is 15.1 Å². The van der Waals surface area contributed by atoms with Gasteiger partial charge in [0.05, 0.1) is 17.0 Å². The summed E-state index contributed by atoms with van der Waals surface area (Å²) in [6.07, 6.45) is 3.37. The van der Waals surface area contributed by atoms with Crippen LogP contribution in [0.25, 0.3) is 0 Å². The summed E-state index contributed by atoms with van der Waals surface area (Å²) in [7, 11) is 0. The molecule has 5 heteroatoms. The molecule has 0 saturated heterocycles. The van der Waals surface area contributed by atoms with E-state index in [1.54, 1.807) is 4.68 Å². The van der Waals surface area contributed by atoms with Crippen molar-refractivity contribution in [2.24, 2.45) is 5.41 Å². The number of nitrogens with one attached hydrogen (secondary N) is 1. The molecule has 0 fully saturated rings. The van der Waals surface area contributed by atoms with Gasteiger partial charge in [-0.3, -0.25) is 14.3 Å². The Kier molecular flexibility index (Phi) is 4.49. The third kappa shape index (κ3) is 3.52. The predicted octanol–water partition coefficient (Wildman–Crippen LogP) is 2.26. The van der Waals surface area contributed by atoms with Crippen molar-refractivity contribution in [1.29, 1.82) is 0 Å². The van der Waals surface area contributed by atoms with Gasteiger partial charge in [-0.25, -0.2) is 0 Å². The zero-order chi connectivity index (χ0) is 15.6. The first-order valence-electron chi connectivity index (χ1n) is 7.70. The Hall–Kier alpha value is -1.65. The monoisotopic (exact) mass is 291 g/mol. The largest absolute Gasteiger partial charge is 0.354 e. The molecule has 0 saturated carbocycles. The minimum absolute atomic E-state index is 0.0374. The van der Waals surface area contributed by atoms with Gasteiger partial charge in [0.25, 0.3) is 0 Å². The van der Waals surface area contributed by atoms with Gasteiger partial charge in [-0.2, -0.15) is 5.10 Å². The Morgan fingerprint density at radius 3 is 2.76 bits per heavy atom. The quantitative estimate of drug-likeness (QED) is 0.846. The van der Waals surface area contributed by atoms with Crippen LogP contribution in [0, 0.1) is 12.3 Å². The van der Waals surface area contributed by atoms with Crippen LogP contribution in [0.3, 0.4) is 0 Å². The van der Waals surface area contributed by atoms with Crippen LogP contribution in [-0.2, 0) is 17.8 Å². The number of hydrogen-bond acceptors (Lipinski definition) is 3. The number of nitrogens with zero attached hydrogens (tertiary/aromatic N) is 2. The molecule has 0 atom stereocenters. The number of unbranched alkanes of at least 4 members (excludes halogenated alkanes) is 1. The van der Waals surface area contributed by atoms with Crippen LogP contribution in [0.2, 0.25) is 0 Å². The molecule has 1 aliphatic rings. The van der Waals surface area contributed by atoms with Gasteiger partial charge in [0.2, 0.25) is 5.91 Å². The van der Waals surface area contributed by atoms with E-state index in [0.29, 0.717) is 13.0 Å². The van der Waals surface area contributed by atoms with Crippen molar-refractivity contribution in [2.75, 3.05) is 6.54 Å². The van der Waals surface area contributed by atoms with Crippen LogP contribution in [-0.4, -0.2) is 28.0 Å². The standard InChI is InChI=1S/C16H25N3O2/c1-5-6-7-17-14(21)10-19-12-8-16(3,4)9-13(20)15(12)11(2)18-19/h5-10H2,1-4H3,(H,17,21). The molecule has 1 aromatic rings. The van der Waals surface area contributed by atoms with Gasteiger partial charge in [0, 0.05) is 13.0 Å². The van der Waals surface area contributed by atoms with Gasteiger partial charge < -0.3 is 5.32 Å². The third-order valence-electron chi connectivity index (χ3n) is 3.94. The van der Waals surface area contributed by atoms with Crippen LogP contribution in [0.5, 0.6) is 0 Å². The zero-order valence-electron chi connectivity index (χ0n) is 13.5. The number of carbonyl (C=O) groups excluding carboxylic acids is 2. The minimum Gasteiger partial charge on any atom is -0.354 e. The summed E-state index contributed by atoms with van der Waals surface area (Å²) in [6, 6.07) is 0. The van der Waals surface area contributed by atoms with Gasteiger partial charge in [0.1, 0.15) is 6.54 Å². The molecule has 1 amide bonds. The number of fused-ring (bicyclic) bond motifs is 1. The smallest absolute Gasteiger partial charge is 0.241 e. The molecule has 0 spiro atoms. The lowest BCUT2D eigenvalue weighted by Crippen LogP contribution is -2.32. The summed E-state index contributed by atoms with van der Waals surface area (Å²) in [5.74, 6) is 0.112. The van der Waals surface area contributed by atoms with Crippen molar-refractivity contribution >= 4 is 11.7 Å². The van der Waals surface area contributed by atoms with Crippen molar-refractivity contribution in [2.45, 2.75) is 59.9 Å². The predicted molar refractivity (Wildman–Crippen MR) is 81.3 cm³/mol. The van der Waals surface area contributed by atoms with Gasteiger partial charge in [-0.15, -0.1) is 0 Å². The summed E-state index contributed by atoms with van der Waals surface area (Å²) >= 11 is 0. The van der Waals surface area contributed by atoms with Crippen molar-refractivity contribution in [3.8, 4) is 0 Å². The van der Waals surface area contributed by atoms with E-state index in [1.165, 1.54) is 0 Å². The SMILES string of the molecule is CCCCNC(=O)Cn1nc(C)c2c1CC(C)(C)CC2=O. The van der Waals surface area contributed by atoms with Crippen LogP contribution in [0.15, 0.2) is 0 Å². The lowest BCUT2D eigenvalue weighted by atomic mass is 9.75. The number of carbonyl (C=O) groups is 2. The molecule has 116 valence electrons. The average Bonchev–Trinajstić information content (AvgIpc) is 2.64. The number of aryl methyl sites for hydroxylation is 1. The van der Waals surface area contributed by atoms with E-state index in [2.05, 4.69) is 31.2 Å². The highest BCUT2D eigenvalue weighted by Crippen LogP contribution is 2.35. The zero-order valence-corrected chi connectivity index (χ0v) is 13.5. The lowest BCUT2D eigenvalue weighted by Gasteiger charge is -2.29. The Morgan fingerprint density at radius 1 is 1.38 bits per heavy atom. The summed E-state index contributed by atoms with van der Waals surface area (Å²) in [5, 5.41) is 7.31. The third-order valence-corrected chi connectivity index (χ3v) is 3.94. The summed E-state index contributed by atoms with van der Waals surface area (Å²) < 4.78 is 1.71. The number of hydrogen-bond donors (Lipinski definition) is 1. The van der Waals surface area contributed by atoms with E-state index < -0.39 is 0 Å². The fourth-order valence-electron chi connectivity index (χ4n) is 2.94. The maximum Gasteiger partial charge on any atom is 0.241 e. The molecule has 21 heavy (non-hydrogen) atoms. The highest BCUT2D eigenvalue weighted by atomic mass is 16.2. The maximum absolute atomic E-state index is 12.3. The van der Waals surface area contributed by atoms with Gasteiger partial charge >= 0.3 is 0 Å². The molecule has 0 aliphatic heterocycles. The number of Topliss-reactive ketones (excluding diaryl/α,β-unsaturated/α-hetero) is 1. The summed E-state index contributed by atoms with van der Waals surface area (Å²) in [6.45, 7) is 9.00. The molecule has 5 nitrogen and oxygen atoms in total. The molecular weight excluding hydrogens is 266 g/mol. The topological polar surface area (TPSA) is 64.0 Å². The van der Waals surface area contributed by atoms with Gasteiger partial charge in [-0.05, 0) is 25.2 Å².